The van der Waals surface area contributed by atoms with Gasteiger partial charge in [-0.1, -0.05) is 50.0 Å². The van der Waals surface area contributed by atoms with Gasteiger partial charge in [-0.3, -0.25) is 0 Å². The van der Waals surface area contributed by atoms with Crippen LogP contribution < -0.4 is 0 Å². The SMILES string of the molecule is CC(C)(C)/C(C#Cc1ccccc1)=N/O. The number of benzene rings is 1. The molecule has 1 aromatic carbocycles. The highest BCUT2D eigenvalue weighted by molar-refractivity contribution is 6.03. The van der Waals surface area contributed by atoms with E-state index in [2.05, 4.69) is 17.0 Å². The van der Waals surface area contributed by atoms with Gasteiger partial charge >= 0.3 is 0 Å². The summed E-state index contributed by atoms with van der Waals surface area (Å²) in [5.74, 6) is 5.84. The molecule has 0 bridgehead atoms. The van der Waals surface area contributed by atoms with Crippen molar-refractivity contribution in [1.82, 2.24) is 0 Å². The average Bonchev–Trinajstić information content (AvgIpc) is 2.18. The highest BCUT2D eigenvalue weighted by atomic mass is 16.4. The molecule has 0 aliphatic carbocycles. The molecule has 0 aliphatic heterocycles. The van der Waals surface area contributed by atoms with Crippen LogP contribution in [0.5, 0.6) is 0 Å². The Bertz CT molecular complexity index is 402. The van der Waals surface area contributed by atoms with Crippen LogP contribution in [0.3, 0.4) is 0 Å². The Morgan fingerprint density at radius 2 is 1.80 bits per heavy atom. The van der Waals surface area contributed by atoms with Crippen molar-refractivity contribution in [3.63, 3.8) is 0 Å². The van der Waals surface area contributed by atoms with Gasteiger partial charge in [0, 0.05) is 11.0 Å². The number of nitrogens with zero attached hydrogens (tertiary/aromatic N) is 1. The zero-order chi connectivity index (χ0) is 11.3. The highest BCUT2D eigenvalue weighted by Crippen LogP contribution is 2.15. The molecule has 0 heterocycles. The van der Waals surface area contributed by atoms with Crippen molar-refractivity contribution in [1.29, 1.82) is 0 Å². The van der Waals surface area contributed by atoms with Gasteiger partial charge in [0.1, 0.15) is 5.71 Å². The third-order valence-electron chi connectivity index (χ3n) is 1.91. The molecule has 0 fully saturated rings. The van der Waals surface area contributed by atoms with Gasteiger partial charge in [-0.15, -0.1) is 0 Å². The maximum atomic E-state index is 8.83. The average molecular weight is 201 g/mol. The Balaban J connectivity index is 2.91. The minimum Gasteiger partial charge on any atom is -0.410 e. The van der Waals surface area contributed by atoms with Crippen LogP contribution in [0.2, 0.25) is 0 Å². The van der Waals surface area contributed by atoms with Crippen LogP contribution in [-0.2, 0) is 0 Å². The van der Waals surface area contributed by atoms with Gasteiger partial charge in [0.05, 0.1) is 0 Å². The Kier molecular flexibility index (Phi) is 3.51. The Morgan fingerprint density at radius 1 is 1.20 bits per heavy atom. The maximum absolute atomic E-state index is 8.83. The smallest absolute Gasteiger partial charge is 0.135 e. The van der Waals surface area contributed by atoms with Crippen LogP contribution in [0.4, 0.5) is 0 Å². The summed E-state index contributed by atoms with van der Waals surface area (Å²) in [5, 5.41) is 12.0. The molecule has 1 rings (SSSR count). The second-order valence-corrected chi connectivity index (χ2v) is 4.31. The van der Waals surface area contributed by atoms with Gasteiger partial charge in [0.25, 0.3) is 0 Å². The first kappa shape index (κ1) is 11.3. The van der Waals surface area contributed by atoms with Crippen molar-refractivity contribution < 1.29 is 5.21 Å². The van der Waals surface area contributed by atoms with Gasteiger partial charge in [-0.2, -0.15) is 0 Å². The summed E-state index contributed by atoms with van der Waals surface area (Å²) < 4.78 is 0. The van der Waals surface area contributed by atoms with Crippen molar-refractivity contribution in [2.24, 2.45) is 10.6 Å². The largest absolute Gasteiger partial charge is 0.410 e. The molecule has 0 radical (unpaired) electrons. The normalized spacial score (nSPS) is 11.8. The lowest BCUT2D eigenvalue weighted by molar-refractivity contribution is 0.312. The van der Waals surface area contributed by atoms with Gasteiger partial charge < -0.3 is 5.21 Å². The van der Waals surface area contributed by atoms with Crippen molar-refractivity contribution in [3.05, 3.63) is 35.9 Å². The van der Waals surface area contributed by atoms with E-state index >= 15 is 0 Å². The lowest BCUT2D eigenvalue weighted by Crippen LogP contribution is -2.18. The van der Waals surface area contributed by atoms with Gasteiger partial charge in [0.15, 0.2) is 0 Å². The highest BCUT2D eigenvalue weighted by Gasteiger charge is 2.17. The summed E-state index contributed by atoms with van der Waals surface area (Å²) in [4.78, 5) is 0. The molecule has 0 amide bonds. The molecule has 1 N–H and O–H groups in total. The molecule has 2 nitrogen and oxygen atoms in total. The standard InChI is InChI=1S/C13H15NO/c1-13(2,3)12(14-15)10-9-11-7-5-4-6-8-11/h4-8,15H,1-3H3/b14-12+. The second kappa shape index (κ2) is 4.65. The van der Waals surface area contributed by atoms with Crippen LogP contribution in [0.1, 0.15) is 26.3 Å². The predicted octanol–water partition coefficient (Wildman–Crippen LogP) is 2.91. The first-order chi connectivity index (χ1) is 7.04. The molecule has 0 unspecified atom stereocenters. The second-order valence-electron chi connectivity index (χ2n) is 4.31. The quantitative estimate of drug-likeness (QED) is 0.297. The topological polar surface area (TPSA) is 32.6 Å². The first-order valence-electron chi connectivity index (χ1n) is 4.83. The van der Waals surface area contributed by atoms with Crippen LogP contribution in [0, 0.1) is 17.3 Å². The molecule has 78 valence electrons. The Labute approximate surface area is 90.6 Å². The van der Waals surface area contributed by atoms with Crippen molar-refractivity contribution in [2.75, 3.05) is 0 Å². The van der Waals surface area contributed by atoms with E-state index in [1.807, 2.05) is 51.1 Å². The number of oxime groups is 1. The third kappa shape index (κ3) is 3.47. The molecule has 0 saturated heterocycles. The molecule has 0 spiro atoms. The van der Waals surface area contributed by atoms with Crippen LogP contribution in [-0.4, -0.2) is 10.9 Å². The Hall–Kier alpha value is -1.75. The lowest BCUT2D eigenvalue weighted by atomic mass is 9.90. The predicted molar refractivity (Wildman–Crippen MR) is 62.0 cm³/mol. The van der Waals surface area contributed by atoms with E-state index in [-0.39, 0.29) is 5.41 Å². The fourth-order valence-electron chi connectivity index (χ4n) is 1.02. The fourth-order valence-corrected chi connectivity index (χ4v) is 1.02. The third-order valence-corrected chi connectivity index (χ3v) is 1.91. The van der Waals surface area contributed by atoms with E-state index in [0.29, 0.717) is 5.71 Å². The molecule has 2 heteroatoms. The van der Waals surface area contributed by atoms with E-state index in [1.165, 1.54) is 0 Å². The summed E-state index contributed by atoms with van der Waals surface area (Å²) in [6.07, 6.45) is 0. The van der Waals surface area contributed by atoms with Gasteiger partial charge in [-0.05, 0) is 18.1 Å². The zero-order valence-electron chi connectivity index (χ0n) is 9.28. The maximum Gasteiger partial charge on any atom is 0.135 e. The van der Waals surface area contributed by atoms with E-state index in [9.17, 15) is 0 Å². The molecule has 0 atom stereocenters. The summed E-state index contributed by atoms with van der Waals surface area (Å²) in [5.41, 5.74) is 1.19. The number of rotatable bonds is 0. The summed E-state index contributed by atoms with van der Waals surface area (Å²) in [6.45, 7) is 5.88. The van der Waals surface area contributed by atoms with E-state index in [1.54, 1.807) is 0 Å². The number of hydrogen-bond acceptors (Lipinski definition) is 2. The molecule has 0 aromatic heterocycles. The minimum atomic E-state index is -0.226. The van der Waals surface area contributed by atoms with Crippen LogP contribution in [0.15, 0.2) is 35.5 Å². The van der Waals surface area contributed by atoms with Crippen molar-refractivity contribution in [3.8, 4) is 11.8 Å². The van der Waals surface area contributed by atoms with Crippen molar-refractivity contribution in [2.45, 2.75) is 20.8 Å². The van der Waals surface area contributed by atoms with Crippen LogP contribution in [0.25, 0.3) is 0 Å². The summed E-state index contributed by atoms with van der Waals surface area (Å²) >= 11 is 0. The molecule has 0 aliphatic rings. The number of hydrogen-bond donors (Lipinski definition) is 1. The monoisotopic (exact) mass is 201 g/mol. The zero-order valence-corrected chi connectivity index (χ0v) is 9.28. The summed E-state index contributed by atoms with van der Waals surface area (Å²) in [6, 6.07) is 9.64. The van der Waals surface area contributed by atoms with Gasteiger partial charge in [-0.25, -0.2) is 0 Å². The molecular formula is C13H15NO. The Morgan fingerprint density at radius 3 is 2.27 bits per heavy atom. The van der Waals surface area contributed by atoms with E-state index in [0.717, 1.165) is 5.56 Å². The molecule has 15 heavy (non-hydrogen) atoms. The van der Waals surface area contributed by atoms with E-state index in [4.69, 9.17) is 5.21 Å². The van der Waals surface area contributed by atoms with E-state index < -0.39 is 0 Å². The molecular weight excluding hydrogens is 186 g/mol. The summed E-state index contributed by atoms with van der Waals surface area (Å²) in [7, 11) is 0. The van der Waals surface area contributed by atoms with Crippen molar-refractivity contribution >= 4 is 5.71 Å². The molecule has 1 aromatic rings. The lowest BCUT2D eigenvalue weighted by Gasteiger charge is -2.14. The minimum absolute atomic E-state index is 0.226. The fraction of sp³-hybridized carbons (Fsp3) is 0.308. The van der Waals surface area contributed by atoms with Gasteiger partial charge in [0.2, 0.25) is 0 Å². The molecule has 0 saturated carbocycles. The first-order valence-corrected chi connectivity index (χ1v) is 4.83. The van der Waals surface area contributed by atoms with Crippen LogP contribution >= 0.6 is 0 Å².